The molecule has 0 bridgehead atoms. The van der Waals surface area contributed by atoms with Crippen LogP contribution in [0.25, 0.3) is 0 Å². The highest BCUT2D eigenvalue weighted by Gasteiger charge is 2.04. The van der Waals surface area contributed by atoms with Crippen LogP contribution >= 0.6 is 24.0 Å². The number of carbonyl (C=O) groups is 1. The van der Waals surface area contributed by atoms with Crippen molar-refractivity contribution < 1.29 is 9.53 Å². The zero-order valence-corrected chi connectivity index (χ0v) is 18.0. The lowest BCUT2D eigenvalue weighted by Crippen LogP contribution is -2.43. The molecule has 0 unspecified atom stereocenters. The van der Waals surface area contributed by atoms with Crippen molar-refractivity contribution in [1.82, 2.24) is 25.7 Å². The highest BCUT2D eigenvalue weighted by Crippen LogP contribution is 2.10. The number of methoxy groups -OCH3 is 1. The molecule has 0 atom stereocenters. The first-order chi connectivity index (χ1) is 12.7. The third kappa shape index (κ3) is 8.76. The fourth-order valence-electron chi connectivity index (χ4n) is 2.27. The summed E-state index contributed by atoms with van der Waals surface area (Å²) >= 11 is 0. The van der Waals surface area contributed by atoms with Crippen molar-refractivity contribution in [2.45, 2.75) is 19.5 Å². The van der Waals surface area contributed by atoms with E-state index in [4.69, 9.17) is 4.74 Å². The Morgan fingerprint density at radius 1 is 1.22 bits per heavy atom. The Kier molecular flexibility index (Phi) is 10.9. The maximum Gasteiger partial charge on any atom is 0.239 e. The largest absolute Gasteiger partial charge is 0.497 e. The summed E-state index contributed by atoms with van der Waals surface area (Å²) in [6.07, 6.45) is 4.60. The highest BCUT2D eigenvalue weighted by atomic mass is 127. The maximum atomic E-state index is 12.0. The molecule has 27 heavy (non-hydrogen) atoms. The summed E-state index contributed by atoms with van der Waals surface area (Å²) in [5.41, 5.74) is 1.01. The first kappa shape index (κ1) is 22.7. The number of aryl methyl sites for hydroxylation is 1. The monoisotopic (exact) mass is 486 g/mol. The van der Waals surface area contributed by atoms with Gasteiger partial charge in [0, 0.05) is 39.1 Å². The van der Waals surface area contributed by atoms with E-state index >= 15 is 0 Å². The van der Waals surface area contributed by atoms with Crippen LogP contribution in [0.1, 0.15) is 12.0 Å². The van der Waals surface area contributed by atoms with E-state index in [2.05, 4.69) is 26.0 Å². The number of carbonyl (C=O) groups excluding carboxylic acids is 1. The third-order valence-electron chi connectivity index (χ3n) is 3.70. The topological polar surface area (TPSA) is 92.6 Å². The number of ether oxygens (including phenoxy) is 1. The first-order valence-corrected chi connectivity index (χ1v) is 8.53. The number of hydrogen-bond donors (Lipinski definition) is 3. The molecule has 1 heterocycles. The smallest absolute Gasteiger partial charge is 0.239 e. The Labute approximate surface area is 176 Å². The molecule has 1 amide bonds. The van der Waals surface area contributed by atoms with E-state index in [0.717, 1.165) is 30.8 Å². The summed E-state index contributed by atoms with van der Waals surface area (Å²) < 4.78 is 6.99. The number of nitrogens with one attached hydrogen (secondary N) is 3. The molecule has 0 spiro atoms. The number of benzene rings is 1. The molecule has 1 aromatic carbocycles. The Balaban J connectivity index is 0.00000364. The van der Waals surface area contributed by atoms with Crippen LogP contribution in [0.15, 0.2) is 47.7 Å². The molecule has 0 saturated heterocycles. The van der Waals surface area contributed by atoms with Gasteiger partial charge in [0.25, 0.3) is 0 Å². The van der Waals surface area contributed by atoms with Crippen LogP contribution in [0.3, 0.4) is 0 Å². The number of halogens is 1. The average Bonchev–Trinajstić information content (AvgIpc) is 3.19. The summed E-state index contributed by atoms with van der Waals surface area (Å²) in [6.45, 7) is 2.21. The zero-order valence-electron chi connectivity index (χ0n) is 15.6. The second-order valence-electron chi connectivity index (χ2n) is 5.60. The maximum absolute atomic E-state index is 12.0. The molecule has 0 radical (unpaired) electrons. The van der Waals surface area contributed by atoms with Gasteiger partial charge >= 0.3 is 0 Å². The van der Waals surface area contributed by atoms with Crippen molar-refractivity contribution in [2.24, 2.45) is 4.99 Å². The summed E-state index contributed by atoms with van der Waals surface area (Å²) in [6, 6.07) is 9.49. The minimum absolute atomic E-state index is 0. The Bertz CT molecular complexity index is 688. The van der Waals surface area contributed by atoms with Crippen LogP contribution in [0, 0.1) is 0 Å². The molecule has 0 aliphatic carbocycles. The standard InChI is InChI=1S/C18H26N6O2.HI/c1-19-18(20-9-3-11-24-12-4-10-23-24)22-14-17(25)21-13-15-5-7-16(26-2)8-6-15;/h4-8,10,12H,3,9,11,13-14H2,1-2H3,(H,21,25)(H2,19,20,22);1H. The molecule has 8 nitrogen and oxygen atoms in total. The Morgan fingerprint density at radius 3 is 2.63 bits per heavy atom. The van der Waals surface area contributed by atoms with Gasteiger partial charge in [0.2, 0.25) is 5.91 Å². The molecule has 2 rings (SSSR count). The third-order valence-corrected chi connectivity index (χ3v) is 3.70. The van der Waals surface area contributed by atoms with E-state index < -0.39 is 0 Å². The predicted octanol–water partition coefficient (Wildman–Crippen LogP) is 1.38. The van der Waals surface area contributed by atoms with Crippen LogP contribution < -0.4 is 20.7 Å². The van der Waals surface area contributed by atoms with Crippen molar-refractivity contribution in [3.63, 3.8) is 0 Å². The molecule has 9 heteroatoms. The average molecular weight is 486 g/mol. The number of aromatic nitrogens is 2. The second kappa shape index (κ2) is 13.0. The number of guanidine groups is 1. The number of aliphatic imine (C=N–C) groups is 1. The van der Waals surface area contributed by atoms with E-state index in [1.165, 1.54) is 0 Å². The molecular formula is C18H27IN6O2. The van der Waals surface area contributed by atoms with Crippen LogP contribution in [-0.2, 0) is 17.9 Å². The number of amides is 1. The van der Waals surface area contributed by atoms with Gasteiger partial charge in [0.05, 0.1) is 13.7 Å². The van der Waals surface area contributed by atoms with Gasteiger partial charge in [-0.05, 0) is 30.2 Å². The zero-order chi connectivity index (χ0) is 18.6. The molecule has 0 aliphatic heterocycles. The van der Waals surface area contributed by atoms with Gasteiger partial charge in [0.15, 0.2) is 5.96 Å². The SMILES string of the molecule is CN=C(NCCCn1cccn1)NCC(=O)NCc1ccc(OC)cc1.I. The van der Waals surface area contributed by atoms with Crippen LogP contribution in [0.4, 0.5) is 0 Å². The van der Waals surface area contributed by atoms with Crippen LogP contribution in [0.5, 0.6) is 5.75 Å². The first-order valence-electron chi connectivity index (χ1n) is 8.53. The van der Waals surface area contributed by atoms with Crippen LogP contribution in [-0.4, -0.2) is 48.9 Å². The minimum atomic E-state index is -0.0969. The van der Waals surface area contributed by atoms with Crippen molar-refractivity contribution in [1.29, 1.82) is 0 Å². The normalized spacial score (nSPS) is 10.7. The van der Waals surface area contributed by atoms with Crippen molar-refractivity contribution in [3.8, 4) is 5.75 Å². The summed E-state index contributed by atoms with van der Waals surface area (Å²) in [5.74, 6) is 1.30. The van der Waals surface area contributed by atoms with Gasteiger partial charge in [-0.15, -0.1) is 24.0 Å². The Morgan fingerprint density at radius 2 is 2.00 bits per heavy atom. The van der Waals surface area contributed by atoms with E-state index in [9.17, 15) is 4.79 Å². The molecule has 0 saturated carbocycles. The van der Waals surface area contributed by atoms with Crippen molar-refractivity contribution >= 4 is 35.8 Å². The lowest BCUT2D eigenvalue weighted by atomic mass is 10.2. The molecule has 3 N–H and O–H groups in total. The fourth-order valence-corrected chi connectivity index (χ4v) is 2.27. The minimum Gasteiger partial charge on any atom is -0.497 e. The molecular weight excluding hydrogens is 459 g/mol. The van der Waals surface area contributed by atoms with Gasteiger partial charge in [-0.25, -0.2) is 0 Å². The number of nitrogens with zero attached hydrogens (tertiary/aromatic N) is 3. The van der Waals surface area contributed by atoms with Gasteiger partial charge in [-0.1, -0.05) is 12.1 Å². The van der Waals surface area contributed by atoms with E-state index in [-0.39, 0.29) is 36.4 Å². The predicted molar refractivity (Wildman–Crippen MR) is 116 cm³/mol. The summed E-state index contributed by atoms with van der Waals surface area (Å²) in [5, 5.41) is 13.2. The second-order valence-corrected chi connectivity index (χ2v) is 5.60. The van der Waals surface area contributed by atoms with Gasteiger partial charge in [-0.3, -0.25) is 14.5 Å². The molecule has 0 aliphatic rings. The molecule has 148 valence electrons. The Hall–Kier alpha value is -2.30. The van der Waals surface area contributed by atoms with Gasteiger partial charge < -0.3 is 20.7 Å². The van der Waals surface area contributed by atoms with E-state index in [1.54, 1.807) is 20.4 Å². The fraction of sp³-hybridized carbons (Fsp3) is 0.389. The van der Waals surface area contributed by atoms with Crippen molar-refractivity contribution in [2.75, 3.05) is 27.2 Å². The molecule has 1 aromatic heterocycles. The van der Waals surface area contributed by atoms with E-state index in [1.807, 2.05) is 41.2 Å². The summed E-state index contributed by atoms with van der Waals surface area (Å²) in [7, 11) is 3.30. The van der Waals surface area contributed by atoms with Crippen molar-refractivity contribution in [3.05, 3.63) is 48.3 Å². The lowest BCUT2D eigenvalue weighted by Gasteiger charge is -2.12. The quantitative estimate of drug-likeness (QED) is 0.216. The lowest BCUT2D eigenvalue weighted by molar-refractivity contribution is -0.120. The highest BCUT2D eigenvalue weighted by molar-refractivity contribution is 14.0. The van der Waals surface area contributed by atoms with Gasteiger partial charge in [-0.2, -0.15) is 5.10 Å². The van der Waals surface area contributed by atoms with E-state index in [0.29, 0.717) is 12.5 Å². The number of rotatable bonds is 9. The molecule has 2 aromatic rings. The number of hydrogen-bond acceptors (Lipinski definition) is 4. The van der Waals surface area contributed by atoms with Gasteiger partial charge in [0.1, 0.15) is 5.75 Å². The molecule has 0 fully saturated rings. The van der Waals surface area contributed by atoms with Crippen LogP contribution in [0.2, 0.25) is 0 Å². The summed E-state index contributed by atoms with van der Waals surface area (Å²) in [4.78, 5) is 16.1.